The van der Waals surface area contributed by atoms with Gasteiger partial charge in [0.15, 0.2) is 0 Å². The molecule has 1 aromatic rings. The molecule has 19 heavy (non-hydrogen) atoms. The molecule has 1 aliphatic rings. The van der Waals surface area contributed by atoms with Crippen molar-refractivity contribution in [2.75, 3.05) is 20.3 Å². The highest BCUT2D eigenvalue weighted by Crippen LogP contribution is 2.28. The van der Waals surface area contributed by atoms with Crippen LogP contribution in [0.25, 0.3) is 0 Å². The maximum atomic E-state index is 9.91. The second kappa shape index (κ2) is 6.51. The summed E-state index contributed by atoms with van der Waals surface area (Å²) in [7, 11) is 1.63. The van der Waals surface area contributed by atoms with Crippen LogP contribution in [0.4, 0.5) is 0 Å². The van der Waals surface area contributed by atoms with E-state index in [1.54, 1.807) is 7.11 Å². The predicted octanol–water partition coefficient (Wildman–Crippen LogP) is 2.28. The molecule has 3 nitrogen and oxygen atoms in total. The van der Waals surface area contributed by atoms with Crippen LogP contribution in [0.5, 0.6) is 0 Å². The molecule has 1 atom stereocenters. The molecule has 1 N–H and O–H groups in total. The Balaban J connectivity index is 1.97. The molecule has 0 amide bonds. The van der Waals surface area contributed by atoms with Crippen LogP contribution in [-0.4, -0.2) is 42.4 Å². The van der Waals surface area contributed by atoms with Crippen molar-refractivity contribution in [3.05, 3.63) is 34.9 Å². The fourth-order valence-electron chi connectivity index (χ4n) is 2.43. The Hall–Kier alpha value is -0.900. The molecule has 1 fully saturated rings. The normalized spacial score (nSPS) is 16.9. The van der Waals surface area contributed by atoms with Gasteiger partial charge in [-0.1, -0.05) is 18.2 Å². The van der Waals surface area contributed by atoms with Crippen molar-refractivity contribution in [3.8, 4) is 0 Å². The van der Waals surface area contributed by atoms with Crippen molar-refractivity contribution in [1.29, 1.82) is 0 Å². The van der Waals surface area contributed by atoms with Crippen molar-refractivity contribution in [1.82, 2.24) is 4.90 Å². The zero-order valence-corrected chi connectivity index (χ0v) is 12.2. The van der Waals surface area contributed by atoms with E-state index in [1.165, 1.54) is 29.5 Å². The molecular weight excluding hydrogens is 238 g/mol. The maximum absolute atomic E-state index is 9.91. The number of nitrogens with zero attached hydrogens (tertiary/aromatic N) is 1. The Labute approximate surface area is 116 Å². The van der Waals surface area contributed by atoms with Gasteiger partial charge in [0.2, 0.25) is 0 Å². The van der Waals surface area contributed by atoms with E-state index in [0.29, 0.717) is 19.2 Å². The Kier molecular flexibility index (Phi) is 4.97. The molecule has 0 heterocycles. The first-order chi connectivity index (χ1) is 9.10. The van der Waals surface area contributed by atoms with Gasteiger partial charge in [-0.25, -0.2) is 0 Å². The summed E-state index contributed by atoms with van der Waals surface area (Å²) in [4.78, 5) is 2.38. The van der Waals surface area contributed by atoms with Gasteiger partial charge >= 0.3 is 0 Å². The number of aryl methyl sites for hydroxylation is 2. The monoisotopic (exact) mass is 263 g/mol. The van der Waals surface area contributed by atoms with E-state index in [1.807, 2.05) is 0 Å². The number of benzene rings is 1. The molecule has 1 aliphatic carbocycles. The van der Waals surface area contributed by atoms with Gasteiger partial charge in [0, 0.05) is 26.2 Å². The van der Waals surface area contributed by atoms with E-state index in [-0.39, 0.29) is 0 Å². The fourth-order valence-corrected chi connectivity index (χ4v) is 2.43. The van der Waals surface area contributed by atoms with Gasteiger partial charge in [0.05, 0.1) is 12.7 Å². The minimum atomic E-state index is -0.392. The third kappa shape index (κ3) is 4.30. The molecule has 1 aromatic carbocycles. The van der Waals surface area contributed by atoms with E-state index in [4.69, 9.17) is 4.74 Å². The van der Waals surface area contributed by atoms with Gasteiger partial charge in [0.25, 0.3) is 0 Å². The zero-order valence-electron chi connectivity index (χ0n) is 12.2. The summed E-state index contributed by atoms with van der Waals surface area (Å²) in [6, 6.07) is 7.28. The minimum Gasteiger partial charge on any atom is -0.389 e. The molecule has 0 bridgehead atoms. The number of hydrogen-bond acceptors (Lipinski definition) is 3. The molecule has 106 valence electrons. The van der Waals surface area contributed by atoms with Crippen LogP contribution in [-0.2, 0) is 11.3 Å². The average Bonchev–Trinajstić information content (AvgIpc) is 3.17. The van der Waals surface area contributed by atoms with E-state index < -0.39 is 6.10 Å². The number of hydrogen-bond donors (Lipinski definition) is 1. The van der Waals surface area contributed by atoms with Crippen LogP contribution in [0.15, 0.2) is 18.2 Å². The van der Waals surface area contributed by atoms with Gasteiger partial charge in [-0.15, -0.1) is 0 Å². The Bertz CT molecular complexity index is 415. The lowest BCUT2D eigenvalue weighted by Gasteiger charge is -2.25. The Morgan fingerprint density at radius 1 is 1.32 bits per heavy atom. The molecular formula is C16H25NO2. The Morgan fingerprint density at radius 2 is 2.05 bits per heavy atom. The summed E-state index contributed by atoms with van der Waals surface area (Å²) >= 11 is 0. The first-order valence-corrected chi connectivity index (χ1v) is 7.07. The second-order valence-corrected chi connectivity index (χ2v) is 5.69. The third-order valence-corrected chi connectivity index (χ3v) is 3.82. The largest absolute Gasteiger partial charge is 0.389 e. The molecule has 0 unspecified atom stereocenters. The SMILES string of the molecule is COC[C@@H](O)CN(Cc1ccc(C)c(C)c1)C1CC1. The standard InChI is InChI=1S/C16H25NO2/c1-12-4-5-14(8-13(12)2)9-17(15-6-7-15)10-16(18)11-19-3/h4-5,8,15-16,18H,6-7,9-11H2,1-3H3/t16-/m0/s1. The van der Waals surface area contributed by atoms with Crippen molar-refractivity contribution < 1.29 is 9.84 Å². The molecule has 0 spiro atoms. The van der Waals surface area contributed by atoms with Crippen LogP contribution in [0.1, 0.15) is 29.5 Å². The molecule has 0 radical (unpaired) electrons. The van der Waals surface area contributed by atoms with Gasteiger partial charge < -0.3 is 9.84 Å². The van der Waals surface area contributed by atoms with E-state index in [2.05, 4.69) is 36.9 Å². The summed E-state index contributed by atoms with van der Waals surface area (Å²) < 4.78 is 5.01. The first kappa shape index (κ1) is 14.5. The van der Waals surface area contributed by atoms with E-state index >= 15 is 0 Å². The van der Waals surface area contributed by atoms with Crippen molar-refractivity contribution >= 4 is 0 Å². The summed E-state index contributed by atoms with van der Waals surface area (Å²) in [6.07, 6.45) is 2.12. The topological polar surface area (TPSA) is 32.7 Å². The average molecular weight is 263 g/mol. The number of ether oxygens (including phenoxy) is 1. The van der Waals surface area contributed by atoms with E-state index in [0.717, 1.165) is 6.54 Å². The second-order valence-electron chi connectivity index (χ2n) is 5.69. The lowest BCUT2D eigenvalue weighted by molar-refractivity contribution is 0.0337. The van der Waals surface area contributed by atoms with Crippen molar-refractivity contribution in [3.63, 3.8) is 0 Å². The molecule has 0 saturated heterocycles. The van der Waals surface area contributed by atoms with Crippen molar-refractivity contribution in [2.24, 2.45) is 0 Å². The van der Waals surface area contributed by atoms with Gasteiger partial charge in [-0.3, -0.25) is 4.90 Å². The summed E-state index contributed by atoms with van der Waals surface area (Å²) in [5.74, 6) is 0. The van der Waals surface area contributed by atoms with Crippen LogP contribution < -0.4 is 0 Å². The summed E-state index contributed by atoms with van der Waals surface area (Å²) in [5, 5.41) is 9.91. The van der Waals surface area contributed by atoms with Crippen LogP contribution in [0.3, 0.4) is 0 Å². The van der Waals surface area contributed by atoms with Crippen LogP contribution in [0.2, 0.25) is 0 Å². The molecule has 0 aromatic heterocycles. The smallest absolute Gasteiger partial charge is 0.0900 e. The lowest BCUT2D eigenvalue weighted by Crippen LogP contribution is -2.35. The lowest BCUT2D eigenvalue weighted by atomic mass is 10.1. The highest BCUT2D eigenvalue weighted by molar-refractivity contribution is 5.30. The summed E-state index contributed by atoms with van der Waals surface area (Å²) in [6.45, 7) is 6.33. The molecule has 3 heteroatoms. The molecule has 1 saturated carbocycles. The highest BCUT2D eigenvalue weighted by Gasteiger charge is 2.30. The van der Waals surface area contributed by atoms with Crippen LogP contribution in [0, 0.1) is 13.8 Å². The highest BCUT2D eigenvalue weighted by atomic mass is 16.5. The maximum Gasteiger partial charge on any atom is 0.0900 e. The third-order valence-electron chi connectivity index (χ3n) is 3.82. The predicted molar refractivity (Wildman–Crippen MR) is 77.2 cm³/mol. The first-order valence-electron chi connectivity index (χ1n) is 7.07. The minimum absolute atomic E-state index is 0.392. The van der Waals surface area contributed by atoms with Crippen molar-refractivity contribution in [2.45, 2.75) is 45.4 Å². The van der Waals surface area contributed by atoms with Gasteiger partial charge in [-0.2, -0.15) is 0 Å². The van der Waals surface area contributed by atoms with Gasteiger partial charge in [0.1, 0.15) is 0 Å². The van der Waals surface area contributed by atoms with Gasteiger partial charge in [-0.05, 0) is 43.4 Å². The van der Waals surface area contributed by atoms with E-state index in [9.17, 15) is 5.11 Å². The quantitative estimate of drug-likeness (QED) is 0.819. The number of aliphatic hydroxyl groups is 1. The summed E-state index contributed by atoms with van der Waals surface area (Å²) in [5.41, 5.74) is 4.01. The number of methoxy groups -OCH3 is 1. The Morgan fingerprint density at radius 3 is 2.63 bits per heavy atom. The zero-order chi connectivity index (χ0) is 13.8. The van der Waals surface area contributed by atoms with Crippen LogP contribution >= 0.6 is 0 Å². The number of rotatable bonds is 7. The fraction of sp³-hybridized carbons (Fsp3) is 0.625. The molecule has 2 rings (SSSR count). The molecule has 0 aliphatic heterocycles. The number of aliphatic hydroxyl groups excluding tert-OH is 1.